The lowest BCUT2D eigenvalue weighted by atomic mass is 9.91. The summed E-state index contributed by atoms with van der Waals surface area (Å²) < 4.78 is 28.6. The Kier molecular flexibility index (Phi) is 12.5. The molecule has 0 fully saturated rings. The lowest BCUT2D eigenvalue weighted by Gasteiger charge is -2.23. The Morgan fingerprint density at radius 3 is 0.932 bits per heavy atom. The van der Waals surface area contributed by atoms with Crippen LogP contribution in [0.3, 0.4) is 0 Å². The molecule has 0 spiro atoms. The quantitative estimate of drug-likeness (QED) is 0.127. The van der Waals surface area contributed by atoms with Crippen molar-refractivity contribution in [3.63, 3.8) is 0 Å². The van der Waals surface area contributed by atoms with E-state index in [0.717, 1.165) is 47.2 Å². The number of hydrogen-bond acceptors (Lipinski definition) is 2. The van der Waals surface area contributed by atoms with Gasteiger partial charge in [-0.2, -0.15) is 0 Å². The summed E-state index contributed by atoms with van der Waals surface area (Å²) in [6, 6.07) is 95.2. The van der Waals surface area contributed by atoms with Gasteiger partial charge in [0.2, 0.25) is 0 Å². The van der Waals surface area contributed by atoms with Crippen LogP contribution >= 0.6 is 30.9 Å². The Balaban J connectivity index is 0.000000125. The van der Waals surface area contributed by atoms with Gasteiger partial charge in [0, 0.05) is 20.4 Å². The van der Waals surface area contributed by atoms with E-state index in [1.165, 1.54) is 70.0 Å². The molecule has 14 aromatic carbocycles. The SMILES string of the molecule is Brc1cc2c3ccccc3c3ccccc3c2c2ccccc12.O=P(c1ccccc1)(c1ccccc1)c1cc2c3ccccc3c3ccccc3c2c2ccccc12.O=[P+](c1ccccc1)c1ccccc1. The van der Waals surface area contributed by atoms with Crippen molar-refractivity contribution < 1.29 is 9.13 Å². The van der Waals surface area contributed by atoms with E-state index < -0.39 is 14.9 Å². The van der Waals surface area contributed by atoms with E-state index in [0.29, 0.717) is 0 Å². The minimum absolute atomic E-state index is 0.853. The van der Waals surface area contributed by atoms with Gasteiger partial charge in [0.15, 0.2) is 17.8 Å². The highest BCUT2D eigenvalue weighted by Gasteiger charge is 2.32. The number of rotatable bonds is 5. The highest BCUT2D eigenvalue weighted by molar-refractivity contribution is 9.10. The summed E-state index contributed by atoms with van der Waals surface area (Å²) in [7, 11) is -4.59. The Hall–Kier alpha value is -8.03. The van der Waals surface area contributed by atoms with Crippen LogP contribution in [-0.2, 0) is 9.13 Å². The Bertz CT molecular complexity index is 4340. The van der Waals surface area contributed by atoms with Crippen LogP contribution in [0, 0.1) is 0 Å². The number of halogens is 1. The molecule has 0 aliphatic heterocycles. The maximum absolute atomic E-state index is 15.5. The lowest BCUT2D eigenvalue weighted by Crippen LogP contribution is -2.25. The number of hydrogen-bond donors (Lipinski definition) is 0. The highest BCUT2D eigenvalue weighted by atomic mass is 79.9. The molecule has 73 heavy (non-hydrogen) atoms. The fourth-order valence-electron chi connectivity index (χ4n) is 10.7. The van der Waals surface area contributed by atoms with Crippen molar-refractivity contribution in [3.8, 4) is 0 Å². The summed E-state index contributed by atoms with van der Waals surface area (Å²) in [5.74, 6) is 0. The third-order valence-corrected chi connectivity index (χ3v) is 19.3. The first kappa shape index (κ1) is 46.1. The molecule has 346 valence electrons. The molecule has 0 aliphatic rings. The van der Waals surface area contributed by atoms with Crippen molar-refractivity contribution in [2.24, 2.45) is 0 Å². The predicted octanol–water partition coefficient (Wildman–Crippen LogP) is 17.5. The maximum atomic E-state index is 15.5. The van der Waals surface area contributed by atoms with Crippen LogP contribution in [0.25, 0.3) is 86.2 Å². The predicted molar refractivity (Wildman–Crippen MR) is 320 cm³/mol. The fraction of sp³-hybridized carbons (Fsp3) is 0. The zero-order valence-corrected chi connectivity index (χ0v) is 43.0. The van der Waals surface area contributed by atoms with Crippen LogP contribution in [0.2, 0.25) is 0 Å². The van der Waals surface area contributed by atoms with E-state index in [4.69, 9.17) is 0 Å². The first-order chi connectivity index (χ1) is 36.0. The molecule has 0 saturated carbocycles. The fourth-order valence-corrected chi connectivity index (χ4v) is 15.4. The van der Waals surface area contributed by atoms with Gasteiger partial charge in [-0.1, -0.05) is 263 Å². The van der Waals surface area contributed by atoms with Crippen molar-refractivity contribution in [2.75, 3.05) is 0 Å². The minimum Gasteiger partial charge on any atom is -0.309 e. The van der Waals surface area contributed by atoms with E-state index in [-0.39, 0.29) is 0 Å². The molecule has 0 unspecified atom stereocenters. The van der Waals surface area contributed by atoms with Crippen molar-refractivity contribution in [1.29, 1.82) is 0 Å². The Morgan fingerprint density at radius 1 is 0.274 bits per heavy atom. The average Bonchev–Trinajstić information content (AvgIpc) is 3.48. The van der Waals surface area contributed by atoms with Gasteiger partial charge < -0.3 is 4.57 Å². The first-order valence-corrected chi connectivity index (χ1v) is 28.2. The maximum Gasteiger partial charge on any atom is 0.415 e. The van der Waals surface area contributed by atoms with E-state index in [1.807, 2.05) is 121 Å². The molecule has 14 aromatic rings. The second kappa shape index (κ2) is 19.9. The molecule has 0 radical (unpaired) electrons. The summed E-state index contributed by atoms with van der Waals surface area (Å²) >= 11 is 3.77. The highest BCUT2D eigenvalue weighted by Crippen LogP contribution is 2.48. The largest absolute Gasteiger partial charge is 0.415 e. The van der Waals surface area contributed by atoms with Crippen LogP contribution in [0.1, 0.15) is 0 Å². The van der Waals surface area contributed by atoms with Gasteiger partial charge in [-0.05, 0) is 123 Å². The molecule has 2 nitrogen and oxygen atoms in total. The van der Waals surface area contributed by atoms with E-state index in [1.54, 1.807) is 0 Å². The normalized spacial score (nSPS) is 11.5. The number of benzene rings is 14. The molecule has 5 heteroatoms. The lowest BCUT2D eigenvalue weighted by molar-refractivity contribution is 0.592. The van der Waals surface area contributed by atoms with Crippen molar-refractivity contribution in [2.45, 2.75) is 0 Å². The van der Waals surface area contributed by atoms with Crippen LogP contribution in [-0.4, -0.2) is 0 Å². The van der Waals surface area contributed by atoms with Crippen LogP contribution in [0.5, 0.6) is 0 Å². The summed E-state index contributed by atoms with van der Waals surface area (Å²) in [6.07, 6.45) is 0. The summed E-state index contributed by atoms with van der Waals surface area (Å²) in [4.78, 5) is 0. The molecule has 0 heterocycles. The zero-order valence-electron chi connectivity index (χ0n) is 39.6. The molecule has 0 N–H and O–H groups in total. The smallest absolute Gasteiger partial charge is 0.309 e. The van der Waals surface area contributed by atoms with Crippen LogP contribution in [0.15, 0.2) is 284 Å². The molecule has 14 rings (SSSR count). The van der Waals surface area contributed by atoms with Gasteiger partial charge in [-0.3, -0.25) is 0 Å². The standard InChI is InChI=1S/C34H23OP.C22H13Br.C12H10OP/c35-36(24-13-3-1-4-14-24,25-15-5-2-6-16-25)33-23-32-28-19-8-7-17-26(28)27-18-9-11-21-30(27)34(32)31-22-12-10-20-29(31)33;23-21-13-20-16-9-2-1-7-14(16)15-8-3-5-11-18(15)22(20)19-12-6-4-10-17(19)21;13-14(11-7-3-1-4-8-11)12-9-5-2-6-10-12/h1-23H;1-13H;1-10H/q;;+1. The van der Waals surface area contributed by atoms with Gasteiger partial charge >= 0.3 is 7.80 Å². The van der Waals surface area contributed by atoms with Gasteiger partial charge in [0.25, 0.3) is 0 Å². The molecule has 0 aromatic heterocycles. The summed E-state index contributed by atoms with van der Waals surface area (Å²) in [5, 5.41) is 24.3. The second-order valence-corrected chi connectivity index (χ2v) is 23.3. The van der Waals surface area contributed by atoms with Crippen LogP contribution < -0.4 is 26.5 Å². The third kappa shape index (κ3) is 8.31. The van der Waals surface area contributed by atoms with Crippen molar-refractivity contribution in [1.82, 2.24) is 0 Å². The molecule has 0 atom stereocenters. The summed E-state index contributed by atoms with van der Waals surface area (Å²) in [6.45, 7) is 0. The molecular formula is C68H46BrO2P2+. The Labute approximate surface area is 433 Å². The van der Waals surface area contributed by atoms with Gasteiger partial charge in [0.05, 0.1) is 0 Å². The van der Waals surface area contributed by atoms with Gasteiger partial charge in [0.1, 0.15) is 0 Å². The molecule has 0 bridgehead atoms. The van der Waals surface area contributed by atoms with E-state index in [9.17, 15) is 4.57 Å². The molecule has 0 aliphatic carbocycles. The first-order valence-electron chi connectivity index (χ1n) is 24.4. The van der Waals surface area contributed by atoms with Crippen LogP contribution in [0.4, 0.5) is 0 Å². The van der Waals surface area contributed by atoms with E-state index >= 15 is 4.57 Å². The number of fused-ring (bicyclic) bond motifs is 16. The minimum atomic E-state index is -3.16. The third-order valence-electron chi connectivity index (χ3n) is 14.0. The molecule has 0 saturated heterocycles. The zero-order chi connectivity index (χ0) is 49.3. The average molecular weight is 1040 g/mol. The molecular weight excluding hydrogens is 991 g/mol. The van der Waals surface area contributed by atoms with Gasteiger partial charge in [-0.15, -0.1) is 0 Å². The monoisotopic (exact) mass is 1040 g/mol. The van der Waals surface area contributed by atoms with Crippen molar-refractivity contribution >= 4 is 144 Å². The van der Waals surface area contributed by atoms with Gasteiger partial charge in [-0.25, -0.2) is 0 Å². The second-order valence-electron chi connectivity index (χ2n) is 18.1. The summed E-state index contributed by atoms with van der Waals surface area (Å²) in [5.41, 5.74) is 0. The van der Waals surface area contributed by atoms with E-state index in [2.05, 4.69) is 174 Å². The van der Waals surface area contributed by atoms with Crippen molar-refractivity contribution in [3.05, 3.63) is 284 Å². The topological polar surface area (TPSA) is 34.1 Å². The Morgan fingerprint density at radius 2 is 0.534 bits per heavy atom. The molecule has 0 amide bonds.